The van der Waals surface area contributed by atoms with E-state index in [0.29, 0.717) is 6.54 Å². The zero-order valence-corrected chi connectivity index (χ0v) is 9.22. The van der Waals surface area contributed by atoms with Crippen molar-refractivity contribution in [3.05, 3.63) is 28.0 Å². The summed E-state index contributed by atoms with van der Waals surface area (Å²) in [6.45, 7) is 0.485. The van der Waals surface area contributed by atoms with E-state index in [0.717, 1.165) is 18.9 Å². The lowest BCUT2D eigenvalue weighted by Crippen LogP contribution is -2.38. The van der Waals surface area contributed by atoms with Gasteiger partial charge in [0.1, 0.15) is 0 Å². The maximum absolute atomic E-state index is 12.1. The van der Waals surface area contributed by atoms with Crippen molar-refractivity contribution in [2.24, 2.45) is 0 Å². The molecular weight excluding hydrogens is 224 g/mol. The van der Waals surface area contributed by atoms with Crippen molar-refractivity contribution < 1.29 is 15.0 Å². The van der Waals surface area contributed by atoms with E-state index in [-0.39, 0.29) is 30.0 Å². The summed E-state index contributed by atoms with van der Waals surface area (Å²) in [4.78, 5) is 26.9. The summed E-state index contributed by atoms with van der Waals surface area (Å²) in [6.07, 6.45) is 1.60. The van der Waals surface area contributed by atoms with Crippen LogP contribution in [0.15, 0.2) is 16.9 Å². The summed E-state index contributed by atoms with van der Waals surface area (Å²) in [7, 11) is 0. The molecule has 0 aromatic carbocycles. The number of hydrogen-bond donors (Lipinski definition) is 3. The number of amides is 1. The Kier molecular flexibility index (Phi) is 3.14. The Morgan fingerprint density at radius 1 is 1.53 bits per heavy atom. The van der Waals surface area contributed by atoms with E-state index in [1.54, 1.807) is 0 Å². The summed E-state index contributed by atoms with van der Waals surface area (Å²) >= 11 is 0. The summed E-state index contributed by atoms with van der Waals surface area (Å²) in [5.41, 5.74) is -0.375. The van der Waals surface area contributed by atoms with Gasteiger partial charge in [-0.25, -0.2) is 0 Å². The number of nitrogens with zero attached hydrogens (tertiary/aromatic N) is 1. The van der Waals surface area contributed by atoms with E-state index in [1.165, 1.54) is 11.0 Å². The summed E-state index contributed by atoms with van der Waals surface area (Å²) in [5, 5.41) is 18.4. The van der Waals surface area contributed by atoms with Gasteiger partial charge in [0, 0.05) is 18.7 Å². The smallest absolute Gasteiger partial charge is 0.254 e. The van der Waals surface area contributed by atoms with Gasteiger partial charge in [-0.15, -0.1) is 0 Å². The van der Waals surface area contributed by atoms with Gasteiger partial charge >= 0.3 is 0 Å². The number of aromatic amines is 1. The summed E-state index contributed by atoms with van der Waals surface area (Å²) in [6, 6.07) is 2.18. The van der Waals surface area contributed by atoms with Crippen LogP contribution in [0.1, 0.15) is 23.2 Å². The maximum Gasteiger partial charge on any atom is 0.254 e. The van der Waals surface area contributed by atoms with Crippen molar-refractivity contribution in [1.82, 2.24) is 9.88 Å². The Balaban J connectivity index is 2.27. The topological polar surface area (TPSA) is 93.6 Å². The van der Waals surface area contributed by atoms with Crippen molar-refractivity contribution >= 4 is 5.91 Å². The summed E-state index contributed by atoms with van der Waals surface area (Å²) in [5.74, 6) is -0.663. The zero-order valence-electron chi connectivity index (χ0n) is 9.22. The van der Waals surface area contributed by atoms with Gasteiger partial charge in [-0.3, -0.25) is 14.6 Å². The molecular formula is C11H14N2O4. The quantitative estimate of drug-likeness (QED) is 0.658. The Labute approximate surface area is 97.5 Å². The molecule has 0 aliphatic carbocycles. The highest BCUT2D eigenvalue weighted by molar-refractivity contribution is 5.94. The Hall–Kier alpha value is -1.82. The molecule has 17 heavy (non-hydrogen) atoms. The Morgan fingerprint density at radius 3 is 2.94 bits per heavy atom. The van der Waals surface area contributed by atoms with E-state index < -0.39 is 5.56 Å². The lowest BCUT2D eigenvalue weighted by molar-refractivity contribution is 0.0677. The second-order valence-corrected chi connectivity index (χ2v) is 4.10. The van der Waals surface area contributed by atoms with Crippen LogP contribution in [-0.2, 0) is 0 Å². The van der Waals surface area contributed by atoms with Gasteiger partial charge in [0.25, 0.3) is 11.5 Å². The van der Waals surface area contributed by atoms with E-state index >= 15 is 0 Å². The number of hydrogen-bond acceptors (Lipinski definition) is 4. The molecule has 6 nitrogen and oxygen atoms in total. The highest BCUT2D eigenvalue weighted by Gasteiger charge is 2.29. The monoisotopic (exact) mass is 238 g/mol. The van der Waals surface area contributed by atoms with Gasteiger partial charge in [-0.1, -0.05) is 0 Å². The molecule has 1 fully saturated rings. The van der Waals surface area contributed by atoms with Crippen LogP contribution < -0.4 is 5.56 Å². The number of nitrogens with one attached hydrogen (secondary N) is 1. The normalized spacial score (nSPS) is 19.6. The van der Waals surface area contributed by atoms with Crippen LogP contribution in [0.2, 0.25) is 0 Å². The van der Waals surface area contributed by atoms with Gasteiger partial charge in [-0.2, -0.15) is 0 Å². The van der Waals surface area contributed by atoms with Crippen LogP contribution >= 0.6 is 0 Å². The number of aromatic nitrogens is 1. The van der Waals surface area contributed by atoms with Gasteiger partial charge < -0.3 is 15.1 Å². The first kappa shape index (κ1) is 11.7. The lowest BCUT2D eigenvalue weighted by atomic mass is 10.2. The highest BCUT2D eigenvalue weighted by Crippen LogP contribution is 2.19. The first-order chi connectivity index (χ1) is 8.11. The number of rotatable bonds is 2. The van der Waals surface area contributed by atoms with Crippen LogP contribution in [0.4, 0.5) is 0 Å². The standard InChI is InChI=1S/C11H14N2O4/c14-6-8-2-1-3-13(8)11(17)7-4-9(15)12-10(16)5-7/h4-5,8,14H,1-3,6H2,(H2,12,15,16)/t8-/m0/s1. The van der Waals surface area contributed by atoms with E-state index in [1.807, 2.05) is 0 Å². The number of carbonyl (C=O) groups excluding carboxylic acids is 1. The molecule has 1 aromatic rings. The van der Waals surface area contributed by atoms with E-state index in [2.05, 4.69) is 4.98 Å². The minimum Gasteiger partial charge on any atom is -0.494 e. The molecule has 0 saturated carbocycles. The fourth-order valence-electron chi connectivity index (χ4n) is 2.11. The third-order valence-electron chi connectivity index (χ3n) is 2.93. The number of H-pyrrole nitrogens is 1. The zero-order chi connectivity index (χ0) is 12.4. The number of aliphatic hydroxyl groups is 1. The molecule has 0 unspecified atom stereocenters. The van der Waals surface area contributed by atoms with Crippen molar-refractivity contribution in [3.63, 3.8) is 0 Å². The van der Waals surface area contributed by atoms with Crippen molar-refractivity contribution in [2.45, 2.75) is 18.9 Å². The van der Waals surface area contributed by atoms with Crippen LogP contribution in [0.25, 0.3) is 0 Å². The fourth-order valence-corrected chi connectivity index (χ4v) is 2.11. The average molecular weight is 238 g/mol. The predicted molar refractivity (Wildman–Crippen MR) is 59.9 cm³/mol. The van der Waals surface area contributed by atoms with Crippen LogP contribution in [0.5, 0.6) is 5.88 Å². The Bertz CT molecular complexity index is 483. The molecule has 0 bridgehead atoms. The molecule has 1 saturated heterocycles. The van der Waals surface area contributed by atoms with Crippen LogP contribution in [0.3, 0.4) is 0 Å². The molecule has 0 spiro atoms. The molecule has 0 radical (unpaired) electrons. The minimum atomic E-state index is -0.520. The van der Waals surface area contributed by atoms with E-state index in [9.17, 15) is 14.7 Å². The summed E-state index contributed by atoms with van der Waals surface area (Å²) < 4.78 is 0. The number of carbonyl (C=O) groups is 1. The molecule has 1 aromatic heterocycles. The predicted octanol–water partition coefficient (Wildman–Crippen LogP) is -0.323. The van der Waals surface area contributed by atoms with Crippen LogP contribution in [-0.4, -0.2) is 45.2 Å². The van der Waals surface area contributed by atoms with Gasteiger partial charge in [0.2, 0.25) is 0 Å². The third kappa shape index (κ3) is 2.31. The molecule has 1 amide bonds. The molecule has 92 valence electrons. The minimum absolute atomic E-state index is 0.0824. The molecule has 2 heterocycles. The van der Waals surface area contributed by atoms with Crippen molar-refractivity contribution in [1.29, 1.82) is 0 Å². The number of likely N-dealkylation sites (tertiary alicyclic amines) is 1. The molecule has 1 atom stereocenters. The number of aromatic hydroxyl groups is 1. The molecule has 1 aliphatic heterocycles. The van der Waals surface area contributed by atoms with Crippen LogP contribution in [0, 0.1) is 0 Å². The van der Waals surface area contributed by atoms with Crippen molar-refractivity contribution in [3.8, 4) is 5.88 Å². The molecule has 2 rings (SSSR count). The molecule has 1 aliphatic rings. The number of aliphatic hydroxyl groups excluding tert-OH is 1. The average Bonchev–Trinajstić information content (AvgIpc) is 2.74. The molecule has 6 heteroatoms. The second-order valence-electron chi connectivity index (χ2n) is 4.10. The fraction of sp³-hybridized carbons (Fsp3) is 0.455. The highest BCUT2D eigenvalue weighted by atomic mass is 16.3. The Morgan fingerprint density at radius 2 is 2.29 bits per heavy atom. The van der Waals surface area contributed by atoms with Gasteiger partial charge in [0.15, 0.2) is 5.88 Å². The van der Waals surface area contributed by atoms with Gasteiger partial charge in [0.05, 0.1) is 18.2 Å². The van der Waals surface area contributed by atoms with E-state index in [4.69, 9.17) is 5.11 Å². The lowest BCUT2D eigenvalue weighted by Gasteiger charge is -2.22. The largest absolute Gasteiger partial charge is 0.494 e. The SMILES string of the molecule is O=C(c1cc(O)[nH]c(=O)c1)N1CCC[C@H]1CO. The van der Waals surface area contributed by atoms with Crippen molar-refractivity contribution in [2.75, 3.05) is 13.2 Å². The van der Waals surface area contributed by atoms with Gasteiger partial charge in [-0.05, 0) is 12.8 Å². The third-order valence-corrected chi connectivity index (χ3v) is 2.93. The first-order valence-corrected chi connectivity index (χ1v) is 5.47. The second kappa shape index (κ2) is 4.58. The first-order valence-electron chi connectivity index (χ1n) is 5.47. The maximum atomic E-state index is 12.1. The number of pyridine rings is 1. The molecule has 3 N–H and O–H groups in total.